The molecule has 2 atom stereocenters. The van der Waals surface area contributed by atoms with Gasteiger partial charge in [0, 0.05) is 13.0 Å². The van der Waals surface area contributed by atoms with Crippen LogP contribution in [0.2, 0.25) is 0 Å². The van der Waals surface area contributed by atoms with Crippen molar-refractivity contribution in [1.29, 1.82) is 0 Å². The molecule has 1 aromatic rings. The standard InChI is InChI=1S/C12H14BrNO2/c13-9-3-1-2-8-6-11(16-12(8)9)10-7-15-5-4-14-10/h1-3,10-11,14H,4-7H2. The van der Waals surface area contributed by atoms with Crippen LogP contribution in [0, 0.1) is 0 Å². The van der Waals surface area contributed by atoms with Crippen molar-refractivity contribution in [2.24, 2.45) is 0 Å². The third kappa shape index (κ3) is 1.85. The summed E-state index contributed by atoms with van der Waals surface area (Å²) in [6, 6.07) is 6.52. The molecule has 2 aliphatic rings. The smallest absolute Gasteiger partial charge is 0.137 e. The summed E-state index contributed by atoms with van der Waals surface area (Å²) in [6.07, 6.45) is 1.17. The first-order chi connectivity index (χ1) is 7.84. The van der Waals surface area contributed by atoms with Crippen molar-refractivity contribution < 1.29 is 9.47 Å². The van der Waals surface area contributed by atoms with Gasteiger partial charge in [-0.15, -0.1) is 0 Å². The summed E-state index contributed by atoms with van der Waals surface area (Å²) >= 11 is 3.52. The van der Waals surface area contributed by atoms with Gasteiger partial charge >= 0.3 is 0 Å². The van der Waals surface area contributed by atoms with Gasteiger partial charge in [-0.05, 0) is 27.6 Å². The molecule has 3 rings (SSSR count). The molecule has 0 bridgehead atoms. The number of hydrogen-bond donors (Lipinski definition) is 1. The predicted molar refractivity (Wildman–Crippen MR) is 64.9 cm³/mol. The lowest BCUT2D eigenvalue weighted by Gasteiger charge is -2.28. The highest BCUT2D eigenvalue weighted by Crippen LogP contribution is 2.36. The van der Waals surface area contributed by atoms with Crippen LogP contribution in [0.15, 0.2) is 22.7 Å². The minimum atomic E-state index is 0.203. The second-order valence-corrected chi connectivity index (χ2v) is 5.08. The largest absolute Gasteiger partial charge is 0.487 e. The molecular weight excluding hydrogens is 270 g/mol. The van der Waals surface area contributed by atoms with Crippen molar-refractivity contribution >= 4 is 15.9 Å². The van der Waals surface area contributed by atoms with Gasteiger partial charge in [-0.25, -0.2) is 0 Å². The lowest BCUT2D eigenvalue weighted by atomic mass is 10.0. The second kappa shape index (κ2) is 4.35. The fourth-order valence-electron chi connectivity index (χ4n) is 2.30. The Kier molecular flexibility index (Phi) is 2.88. The Morgan fingerprint density at radius 3 is 3.06 bits per heavy atom. The number of ether oxygens (including phenoxy) is 2. The topological polar surface area (TPSA) is 30.5 Å². The Bertz CT molecular complexity index is 391. The minimum absolute atomic E-state index is 0.203. The maximum atomic E-state index is 5.99. The van der Waals surface area contributed by atoms with Crippen molar-refractivity contribution in [1.82, 2.24) is 5.32 Å². The zero-order valence-electron chi connectivity index (χ0n) is 8.91. The highest BCUT2D eigenvalue weighted by Gasteiger charge is 2.32. The number of rotatable bonds is 1. The molecule has 2 aliphatic heterocycles. The average Bonchev–Trinajstić information content (AvgIpc) is 2.76. The van der Waals surface area contributed by atoms with Gasteiger partial charge < -0.3 is 14.8 Å². The van der Waals surface area contributed by atoms with Crippen LogP contribution in [0.5, 0.6) is 5.75 Å². The van der Waals surface area contributed by atoms with E-state index < -0.39 is 0 Å². The minimum Gasteiger partial charge on any atom is -0.487 e. The molecule has 4 heteroatoms. The van der Waals surface area contributed by atoms with Crippen LogP contribution in [-0.4, -0.2) is 31.9 Å². The first-order valence-corrected chi connectivity index (χ1v) is 6.39. The molecule has 86 valence electrons. The highest BCUT2D eigenvalue weighted by molar-refractivity contribution is 9.10. The maximum Gasteiger partial charge on any atom is 0.137 e. The van der Waals surface area contributed by atoms with E-state index in [2.05, 4.69) is 33.4 Å². The molecule has 1 N–H and O–H groups in total. The molecule has 0 aromatic heterocycles. The normalized spacial score (nSPS) is 28.6. The summed E-state index contributed by atoms with van der Waals surface area (Å²) in [5.74, 6) is 1.000. The fraction of sp³-hybridized carbons (Fsp3) is 0.500. The Labute approximate surface area is 103 Å². The van der Waals surface area contributed by atoms with Crippen LogP contribution in [-0.2, 0) is 11.2 Å². The summed E-state index contributed by atoms with van der Waals surface area (Å²) in [4.78, 5) is 0. The third-order valence-corrected chi connectivity index (χ3v) is 3.76. The molecular formula is C12H14BrNO2. The number of nitrogens with one attached hydrogen (secondary N) is 1. The lowest BCUT2D eigenvalue weighted by molar-refractivity contribution is 0.0346. The lowest BCUT2D eigenvalue weighted by Crippen LogP contribution is -2.50. The van der Waals surface area contributed by atoms with Crippen LogP contribution < -0.4 is 10.1 Å². The first-order valence-electron chi connectivity index (χ1n) is 5.60. The Balaban J connectivity index is 1.77. The molecule has 16 heavy (non-hydrogen) atoms. The number of benzene rings is 1. The van der Waals surface area contributed by atoms with Gasteiger partial charge in [0.25, 0.3) is 0 Å². The number of para-hydroxylation sites is 1. The number of hydrogen-bond acceptors (Lipinski definition) is 3. The van der Waals surface area contributed by atoms with Gasteiger partial charge in [0.2, 0.25) is 0 Å². The predicted octanol–water partition coefficient (Wildman–Crippen LogP) is 1.74. The van der Waals surface area contributed by atoms with E-state index in [0.717, 1.165) is 36.4 Å². The fourth-order valence-corrected chi connectivity index (χ4v) is 2.81. The molecule has 0 spiro atoms. The van der Waals surface area contributed by atoms with Gasteiger partial charge in [0.1, 0.15) is 11.9 Å². The molecule has 0 saturated carbocycles. The third-order valence-electron chi connectivity index (χ3n) is 3.14. The number of fused-ring (bicyclic) bond motifs is 1. The second-order valence-electron chi connectivity index (χ2n) is 4.22. The van der Waals surface area contributed by atoms with E-state index >= 15 is 0 Å². The van der Waals surface area contributed by atoms with Crippen LogP contribution >= 0.6 is 15.9 Å². The Hall–Kier alpha value is -0.580. The van der Waals surface area contributed by atoms with Gasteiger partial charge in [0.15, 0.2) is 0 Å². The van der Waals surface area contributed by atoms with E-state index in [4.69, 9.17) is 9.47 Å². The monoisotopic (exact) mass is 283 g/mol. The molecule has 3 nitrogen and oxygen atoms in total. The summed E-state index contributed by atoms with van der Waals surface area (Å²) in [5, 5.41) is 3.45. The zero-order valence-corrected chi connectivity index (χ0v) is 10.5. The van der Waals surface area contributed by atoms with Crippen LogP contribution in [0.1, 0.15) is 5.56 Å². The van der Waals surface area contributed by atoms with Crippen LogP contribution in [0.3, 0.4) is 0 Å². The van der Waals surface area contributed by atoms with E-state index in [1.807, 2.05) is 6.07 Å². The van der Waals surface area contributed by atoms with Crippen molar-refractivity contribution in [2.45, 2.75) is 18.6 Å². The summed E-state index contributed by atoms with van der Waals surface area (Å²) in [6.45, 7) is 2.47. The number of morpholine rings is 1. The molecule has 1 saturated heterocycles. The van der Waals surface area contributed by atoms with Crippen molar-refractivity contribution in [3.05, 3.63) is 28.2 Å². The van der Waals surface area contributed by atoms with Crippen LogP contribution in [0.25, 0.3) is 0 Å². The van der Waals surface area contributed by atoms with Crippen molar-refractivity contribution in [3.63, 3.8) is 0 Å². The molecule has 0 radical (unpaired) electrons. The van der Waals surface area contributed by atoms with E-state index in [9.17, 15) is 0 Å². The van der Waals surface area contributed by atoms with Crippen LogP contribution in [0.4, 0.5) is 0 Å². The highest BCUT2D eigenvalue weighted by atomic mass is 79.9. The van der Waals surface area contributed by atoms with E-state index in [-0.39, 0.29) is 6.10 Å². The number of halogens is 1. The molecule has 2 heterocycles. The molecule has 1 aromatic carbocycles. The van der Waals surface area contributed by atoms with Gasteiger partial charge in [-0.3, -0.25) is 0 Å². The first kappa shape index (κ1) is 10.6. The zero-order chi connectivity index (χ0) is 11.0. The quantitative estimate of drug-likeness (QED) is 0.852. The Morgan fingerprint density at radius 2 is 2.31 bits per heavy atom. The SMILES string of the molecule is Brc1cccc2c1OC(C1COCCN1)C2. The summed E-state index contributed by atoms with van der Waals surface area (Å²) in [7, 11) is 0. The van der Waals surface area contributed by atoms with Gasteiger partial charge in [-0.1, -0.05) is 12.1 Å². The molecule has 1 fully saturated rings. The average molecular weight is 284 g/mol. The molecule has 0 aliphatic carbocycles. The van der Waals surface area contributed by atoms with E-state index in [1.165, 1.54) is 5.56 Å². The molecule has 2 unspecified atom stereocenters. The van der Waals surface area contributed by atoms with E-state index in [1.54, 1.807) is 0 Å². The summed E-state index contributed by atoms with van der Waals surface area (Å²) < 4.78 is 12.5. The maximum absolute atomic E-state index is 5.99. The van der Waals surface area contributed by atoms with Gasteiger partial charge in [-0.2, -0.15) is 0 Å². The van der Waals surface area contributed by atoms with Gasteiger partial charge in [0.05, 0.1) is 23.7 Å². The summed E-state index contributed by atoms with van der Waals surface area (Å²) in [5.41, 5.74) is 1.28. The molecule has 0 amide bonds. The van der Waals surface area contributed by atoms with Crippen molar-refractivity contribution in [2.75, 3.05) is 19.8 Å². The van der Waals surface area contributed by atoms with Crippen molar-refractivity contribution in [3.8, 4) is 5.75 Å². The Morgan fingerprint density at radius 1 is 1.38 bits per heavy atom. The van der Waals surface area contributed by atoms with E-state index in [0.29, 0.717) is 6.04 Å².